The number of amides is 2. The molecule has 0 aliphatic heterocycles. The van der Waals surface area contributed by atoms with Crippen LogP contribution < -0.4 is 15.4 Å². The number of thioether (sulfide) groups is 1. The lowest BCUT2D eigenvalue weighted by atomic mass is 9.73. The number of aliphatic hydroxyl groups excluding tert-OH is 1. The normalized spacial score (nSPS) is 20.7. The van der Waals surface area contributed by atoms with Crippen LogP contribution in [0.25, 0.3) is 10.8 Å². The largest absolute Gasteiger partial charge is 0.391 e. The maximum Gasteiger partial charge on any atom is 0.239 e. The van der Waals surface area contributed by atoms with Crippen molar-refractivity contribution in [1.29, 1.82) is 0 Å². The van der Waals surface area contributed by atoms with Gasteiger partial charge in [-0.2, -0.15) is 0 Å². The average molecular weight is 684 g/mol. The topological polar surface area (TPSA) is 134 Å². The molecule has 9 nitrogen and oxygen atoms in total. The maximum absolute atomic E-state index is 13.9. The summed E-state index contributed by atoms with van der Waals surface area (Å²) in [6.45, 7) is 5.82. The summed E-state index contributed by atoms with van der Waals surface area (Å²) in [5.41, 5.74) is 0.509. The fourth-order valence-corrected chi connectivity index (χ4v) is 8.21. The van der Waals surface area contributed by atoms with E-state index in [9.17, 15) is 23.1 Å². The number of hydrogen-bond acceptors (Lipinski definition) is 7. The predicted octanol–water partition coefficient (Wildman–Crippen LogP) is 4.67. The molecule has 3 aromatic carbocycles. The Morgan fingerprint density at radius 1 is 1.00 bits per heavy atom. The molecule has 6 unspecified atom stereocenters. The molecule has 0 heterocycles. The lowest BCUT2D eigenvalue weighted by Crippen LogP contribution is -2.54. The van der Waals surface area contributed by atoms with Crippen LogP contribution in [0.5, 0.6) is 0 Å². The van der Waals surface area contributed by atoms with Crippen molar-refractivity contribution in [3.63, 3.8) is 0 Å². The van der Waals surface area contributed by atoms with Crippen LogP contribution in [0, 0.1) is 11.8 Å². The van der Waals surface area contributed by atoms with Crippen molar-refractivity contribution in [1.82, 2.24) is 15.4 Å². The van der Waals surface area contributed by atoms with Crippen molar-refractivity contribution in [2.24, 2.45) is 11.8 Å². The quantitative estimate of drug-likeness (QED) is 0.182. The van der Waals surface area contributed by atoms with E-state index < -0.39 is 39.7 Å². The second-order valence-electron chi connectivity index (χ2n) is 13.6. The Bertz CT molecular complexity index is 1590. The van der Waals surface area contributed by atoms with Crippen molar-refractivity contribution < 1.29 is 27.9 Å². The molecule has 0 aromatic heterocycles. The summed E-state index contributed by atoms with van der Waals surface area (Å²) in [5.74, 6) is -0.915. The fourth-order valence-electron chi connectivity index (χ4n) is 6.30. The number of methoxy groups -OCH3 is 1. The third-order valence-electron chi connectivity index (χ3n) is 8.58. The number of nitrogens with one attached hydrogen (secondary N) is 3. The Kier molecular flexibility index (Phi) is 12.9. The van der Waals surface area contributed by atoms with Crippen LogP contribution >= 0.6 is 11.8 Å². The van der Waals surface area contributed by atoms with Crippen molar-refractivity contribution >= 4 is 44.4 Å². The molecule has 47 heavy (non-hydrogen) atoms. The standard InChI is InChI=1S/C36H49N3O6S2/c1-36(2,3)38-34(41)29-22-27(45-4)19-18-26(29)21-32(40)30(20-24-12-7-6-8-13-24)37-35(42)31(39-47(5,43)44)23-46-33-17-11-15-25-14-9-10-16-28(25)33/h6-17,26-27,29-32,39-40H,18-23H2,1-5H3,(H,37,42)(H,38,41). The van der Waals surface area contributed by atoms with Crippen LogP contribution in [0.2, 0.25) is 0 Å². The van der Waals surface area contributed by atoms with Crippen molar-refractivity contribution in [2.45, 2.75) is 87.6 Å². The second kappa shape index (κ2) is 16.4. The Morgan fingerprint density at radius 2 is 1.68 bits per heavy atom. The van der Waals surface area contributed by atoms with Gasteiger partial charge in [0.2, 0.25) is 21.8 Å². The molecular formula is C36H49N3O6S2. The number of fused-ring (bicyclic) bond motifs is 1. The summed E-state index contributed by atoms with van der Waals surface area (Å²) in [6, 6.07) is 21.6. The van der Waals surface area contributed by atoms with Gasteiger partial charge in [-0.25, -0.2) is 13.1 Å². The average Bonchev–Trinajstić information content (AvgIpc) is 3.02. The molecule has 0 saturated heterocycles. The zero-order chi connectivity index (χ0) is 34.2. The van der Waals surface area contributed by atoms with Gasteiger partial charge in [-0.3, -0.25) is 9.59 Å². The first-order valence-electron chi connectivity index (χ1n) is 16.2. The van der Waals surface area contributed by atoms with E-state index in [2.05, 4.69) is 15.4 Å². The van der Waals surface area contributed by atoms with E-state index in [1.54, 1.807) is 7.11 Å². The molecule has 1 aliphatic rings. The summed E-state index contributed by atoms with van der Waals surface area (Å²) in [7, 11) is -2.08. The first-order valence-corrected chi connectivity index (χ1v) is 19.0. The molecule has 4 N–H and O–H groups in total. The van der Waals surface area contributed by atoms with Gasteiger partial charge in [0, 0.05) is 29.2 Å². The summed E-state index contributed by atoms with van der Waals surface area (Å²) in [5, 5.41) is 19.9. The molecule has 4 rings (SSSR count). The summed E-state index contributed by atoms with van der Waals surface area (Å²) in [6.07, 6.45) is 2.66. The van der Waals surface area contributed by atoms with E-state index in [-0.39, 0.29) is 29.6 Å². The van der Waals surface area contributed by atoms with E-state index in [1.165, 1.54) is 11.8 Å². The molecule has 3 aromatic rings. The van der Waals surface area contributed by atoms with Crippen LogP contribution in [-0.4, -0.2) is 74.3 Å². The zero-order valence-corrected chi connectivity index (χ0v) is 29.6. The van der Waals surface area contributed by atoms with Gasteiger partial charge in [0.05, 0.1) is 24.5 Å². The number of rotatable bonds is 14. The lowest BCUT2D eigenvalue weighted by Gasteiger charge is -2.38. The van der Waals surface area contributed by atoms with Gasteiger partial charge in [-0.15, -0.1) is 11.8 Å². The molecule has 1 aliphatic carbocycles. The Labute approximate surface area is 283 Å². The van der Waals surface area contributed by atoms with Crippen LogP contribution in [-0.2, 0) is 30.8 Å². The van der Waals surface area contributed by atoms with Gasteiger partial charge >= 0.3 is 0 Å². The zero-order valence-electron chi connectivity index (χ0n) is 27.9. The fraction of sp³-hybridized carbons (Fsp3) is 0.500. The van der Waals surface area contributed by atoms with Gasteiger partial charge in [0.15, 0.2) is 0 Å². The van der Waals surface area contributed by atoms with E-state index >= 15 is 0 Å². The molecular weight excluding hydrogens is 635 g/mol. The van der Waals surface area contributed by atoms with Crippen LogP contribution in [0.15, 0.2) is 77.7 Å². The SMILES string of the molecule is COC1CCC(CC(O)C(Cc2ccccc2)NC(=O)C(CSc2cccc3ccccc23)NS(C)(=O)=O)C(C(=O)NC(C)(C)C)C1. The first kappa shape index (κ1) is 36.9. The van der Waals surface area contributed by atoms with Gasteiger partial charge in [0.1, 0.15) is 6.04 Å². The molecule has 0 radical (unpaired) electrons. The van der Waals surface area contributed by atoms with Gasteiger partial charge in [-0.1, -0.05) is 66.7 Å². The second-order valence-corrected chi connectivity index (χ2v) is 16.5. The molecule has 11 heteroatoms. The smallest absolute Gasteiger partial charge is 0.239 e. The third kappa shape index (κ3) is 11.3. The summed E-state index contributed by atoms with van der Waals surface area (Å²) >= 11 is 1.40. The monoisotopic (exact) mass is 683 g/mol. The maximum atomic E-state index is 13.9. The molecule has 256 valence electrons. The summed E-state index contributed by atoms with van der Waals surface area (Å²) < 4.78 is 32.9. The van der Waals surface area contributed by atoms with Crippen molar-refractivity contribution in [2.75, 3.05) is 19.1 Å². The third-order valence-corrected chi connectivity index (χ3v) is 10.5. The predicted molar refractivity (Wildman–Crippen MR) is 189 cm³/mol. The van der Waals surface area contributed by atoms with Crippen LogP contribution in [0.4, 0.5) is 0 Å². The van der Waals surface area contributed by atoms with Crippen molar-refractivity contribution in [3.05, 3.63) is 78.4 Å². The summed E-state index contributed by atoms with van der Waals surface area (Å²) in [4.78, 5) is 28.2. The highest BCUT2D eigenvalue weighted by Gasteiger charge is 2.39. The molecule has 1 saturated carbocycles. The molecule has 0 spiro atoms. The van der Waals surface area contributed by atoms with Gasteiger partial charge in [-0.05, 0) is 81.2 Å². The van der Waals surface area contributed by atoms with E-state index in [0.717, 1.165) is 33.9 Å². The highest BCUT2D eigenvalue weighted by atomic mass is 32.2. The number of sulfonamides is 1. The first-order chi connectivity index (χ1) is 22.2. The minimum atomic E-state index is -3.74. The number of ether oxygens (including phenoxy) is 1. The van der Waals surface area contributed by atoms with Gasteiger partial charge < -0.3 is 20.5 Å². The number of hydrogen-bond donors (Lipinski definition) is 4. The highest BCUT2D eigenvalue weighted by Crippen LogP contribution is 2.36. The van der Waals surface area contributed by atoms with E-state index in [4.69, 9.17) is 4.74 Å². The Hall–Kier alpha value is -2.96. The molecule has 1 fully saturated rings. The number of carbonyl (C=O) groups is 2. The molecule has 6 atom stereocenters. The Morgan fingerprint density at radius 3 is 2.36 bits per heavy atom. The number of aliphatic hydroxyl groups is 1. The minimum Gasteiger partial charge on any atom is -0.391 e. The number of benzene rings is 3. The molecule has 2 amide bonds. The molecule has 0 bridgehead atoms. The number of carbonyl (C=O) groups excluding carboxylic acids is 2. The van der Waals surface area contributed by atoms with Crippen LogP contribution in [0.3, 0.4) is 0 Å². The highest BCUT2D eigenvalue weighted by molar-refractivity contribution is 7.99. The van der Waals surface area contributed by atoms with E-state index in [1.807, 2.05) is 93.6 Å². The van der Waals surface area contributed by atoms with Crippen molar-refractivity contribution in [3.8, 4) is 0 Å². The van der Waals surface area contributed by atoms with E-state index in [0.29, 0.717) is 25.7 Å². The van der Waals surface area contributed by atoms with Gasteiger partial charge in [0.25, 0.3) is 0 Å². The minimum absolute atomic E-state index is 0.0407. The Balaban J connectivity index is 1.55. The lowest BCUT2D eigenvalue weighted by molar-refractivity contribution is -0.132. The van der Waals surface area contributed by atoms with Crippen LogP contribution in [0.1, 0.15) is 52.0 Å².